The maximum Gasteiger partial charge on any atom is 0.573 e. The number of ether oxygens (including phenoxy) is 2. The molecule has 0 aliphatic carbocycles. The fraction of sp³-hybridized carbons (Fsp3) is 0.129. The lowest BCUT2D eigenvalue weighted by atomic mass is 9.98. The molecule has 3 nitrogen and oxygen atoms in total. The van der Waals surface area contributed by atoms with Crippen LogP contribution in [-0.2, 0) is 0 Å². The number of halogens is 9. The smallest absolute Gasteiger partial charge is 0.423 e. The highest BCUT2D eigenvalue weighted by molar-refractivity contribution is 5.92. The second kappa shape index (κ2) is 12.6. The van der Waals surface area contributed by atoms with Gasteiger partial charge in [-0.3, -0.25) is 0 Å². The highest BCUT2D eigenvalue weighted by Crippen LogP contribution is 2.33. The van der Waals surface area contributed by atoms with Crippen LogP contribution in [0.5, 0.6) is 11.5 Å². The van der Waals surface area contributed by atoms with Crippen LogP contribution in [0.4, 0.5) is 39.5 Å². The molecule has 0 radical (unpaired) electrons. The van der Waals surface area contributed by atoms with E-state index in [1.807, 2.05) is 0 Å². The topological polar surface area (TPSA) is 35.5 Å². The van der Waals surface area contributed by atoms with Gasteiger partial charge < -0.3 is 9.47 Å². The Labute approximate surface area is 238 Å². The van der Waals surface area contributed by atoms with Gasteiger partial charge in [-0.2, -0.15) is 0 Å². The van der Waals surface area contributed by atoms with Crippen LogP contribution in [0.25, 0.3) is 28.1 Å². The number of hydrogen-bond acceptors (Lipinski definition) is 3. The Morgan fingerprint density at radius 2 is 1.30 bits per heavy atom. The lowest BCUT2D eigenvalue weighted by molar-refractivity contribution is -0.276. The van der Waals surface area contributed by atoms with Crippen molar-refractivity contribution in [1.82, 2.24) is 0 Å². The van der Waals surface area contributed by atoms with Gasteiger partial charge in [0.1, 0.15) is 23.2 Å². The second-order valence-corrected chi connectivity index (χ2v) is 9.09. The van der Waals surface area contributed by atoms with E-state index >= 15 is 4.39 Å². The van der Waals surface area contributed by atoms with Gasteiger partial charge in [-0.05, 0) is 41.3 Å². The molecule has 0 aromatic heterocycles. The summed E-state index contributed by atoms with van der Waals surface area (Å²) in [5.74, 6) is -11.5. The van der Waals surface area contributed by atoms with Crippen molar-refractivity contribution in [2.24, 2.45) is 0 Å². The standard InChI is InChI=1S/C31H19F9O3/c1-2-3-23(32)28(37)17-6-4-16(5-7-17)18-8-10-21(24(33)12-18)19-9-11-22(25(34)13-19)30(41)42-20-14-26(35)29(27(36)15-20)43-31(38,39)40/h4-15H,2-3H2,1H3. The molecule has 0 saturated carbocycles. The number of rotatable bonds is 8. The molecule has 0 aliphatic heterocycles. The predicted molar refractivity (Wildman–Crippen MR) is 139 cm³/mol. The van der Waals surface area contributed by atoms with Crippen molar-refractivity contribution in [3.05, 3.63) is 113 Å². The zero-order valence-electron chi connectivity index (χ0n) is 22.0. The van der Waals surface area contributed by atoms with E-state index in [0.717, 1.165) is 18.2 Å². The third kappa shape index (κ3) is 7.37. The normalized spacial score (nSPS) is 12.1. The number of carbonyl (C=O) groups excluding carboxylic acids is 1. The van der Waals surface area contributed by atoms with Gasteiger partial charge >= 0.3 is 12.3 Å². The van der Waals surface area contributed by atoms with Crippen LogP contribution in [0.3, 0.4) is 0 Å². The molecular weight excluding hydrogens is 591 g/mol. The molecule has 0 amide bonds. The van der Waals surface area contributed by atoms with Gasteiger partial charge in [0, 0.05) is 29.7 Å². The largest absolute Gasteiger partial charge is 0.573 e. The molecule has 0 spiro atoms. The molecule has 0 N–H and O–H groups in total. The van der Waals surface area contributed by atoms with Gasteiger partial charge in [0.05, 0.1) is 5.56 Å². The van der Waals surface area contributed by atoms with Crippen molar-refractivity contribution in [2.45, 2.75) is 26.1 Å². The van der Waals surface area contributed by atoms with Crippen LogP contribution in [-0.4, -0.2) is 12.3 Å². The van der Waals surface area contributed by atoms with Crippen molar-refractivity contribution in [2.75, 3.05) is 0 Å². The SMILES string of the molecule is CCCC(F)=C(F)c1ccc(-c2ccc(-c3ccc(C(=O)Oc4cc(F)c(OC(F)(F)F)c(F)c4)c(F)c3)c(F)c2)cc1. The van der Waals surface area contributed by atoms with Crippen molar-refractivity contribution in [1.29, 1.82) is 0 Å². The summed E-state index contributed by atoms with van der Waals surface area (Å²) in [6.45, 7) is 1.71. The third-order valence-electron chi connectivity index (χ3n) is 6.05. The molecule has 224 valence electrons. The molecule has 4 aromatic rings. The average molecular weight is 610 g/mol. The van der Waals surface area contributed by atoms with Gasteiger partial charge in [-0.15, -0.1) is 13.2 Å². The maximum atomic E-state index is 15.0. The molecule has 12 heteroatoms. The first-order chi connectivity index (χ1) is 20.3. The van der Waals surface area contributed by atoms with Crippen LogP contribution < -0.4 is 9.47 Å². The van der Waals surface area contributed by atoms with E-state index < -0.39 is 64.3 Å². The van der Waals surface area contributed by atoms with E-state index in [1.165, 1.54) is 42.5 Å². The molecule has 0 atom stereocenters. The van der Waals surface area contributed by atoms with Crippen molar-refractivity contribution < 1.29 is 53.8 Å². The van der Waals surface area contributed by atoms with Crippen molar-refractivity contribution >= 4 is 11.8 Å². The summed E-state index contributed by atoms with van der Waals surface area (Å²) in [6, 6.07) is 13.1. The minimum atomic E-state index is -5.38. The zero-order valence-corrected chi connectivity index (χ0v) is 22.0. The van der Waals surface area contributed by atoms with E-state index in [4.69, 9.17) is 4.74 Å². The molecule has 0 unspecified atom stereocenters. The number of allylic oxidation sites excluding steroid dienone is 1. The first-order valence-corrected chi connectivity index (χ1v) is 12.5. The van der Waals surface area contributed by atoms with E-state index in [0.29, 0.717) is 17.5 Å². The fourth-order valence-electron chi connectivity index (χ4n) is 4.04. The first-order valence-electron chi connectivity index (χ1n) is 12.5. The van der Waals surface area contributed by atoms with Crippen molar-refractivity contribution in [3.8, 4) is 33.8 Å². The summed E-state index contributed by atoms with van der Waals surface area (Å²) in [7, 11) is 0. The Morgan fingerprint density at radius 3 is 1.86 bits per heavy atom. The zero-order chi connectivity index (χ0) is 31.5. The summed E-state index contributed by atoms with van der Waals surface area (Å²) >= 11 is 0. The van der Waals surface area contributed by atoms with Crippen LogP contribution in [0.15, 0.2) is 78.6 Å². The van der Waals surface area contributed by atoms with E-state index in [9.17, 15) is 39.9 Å². The van der Waals surface area contributed by atoms with Crippen LogP contribution >= 0.6 is 0 Å². The molecular formula is C31H19F9O3. The highest BCUT2D eigenvalue weighted by Gasteiger charge is 2.34. The Bertz CT molecular complexity index is 1670. The summed E-state index contributed by atoms with van der Waals surface area (Å²) < 4.78 is 130. The Kier molecular flexibility index (Phi) is 9.17. The monoisotopic (exact) mass is 610 g/mol. The van der Waals surface area contributed by atoms with Gasteiger partial charge in [0.2, 0.25) is 5.75 Å². The van der Waals surface area contributed by atoms with E-state index in [1.54, 1.807) is 6.92 Å². The lowest BCUT2D eigenvalue weighted by Crippen LogP contribution is -2.19. The maximum absolute atomic E-state index is 15.0. The molecule has 0 heterocycles. The average Bonchev–Trinajstić information content (AvgIpc) is 2.94. The molecule has 4 aromatic carbocycles. The van der Waals surface area contributed by atoms with Gasteiger partial charge in [0.25, 0.3) is 0 Å². The van der Waals surface area contributed by atoms with Gasteiger partial charge in [-0.25, -0.2) is 31.1 Å². The molecule has 0 aliphatic rings. The third-order valence-corrected chi connectivity index (χ3v) is 6.05. The summed E-state index contributed by atoms with van der Waals surface area (Å²) in [4.78, 5) is 12.4. The molecule has 0 bridgehead atoms. The lowest BCUT2D eigenvalue weighted by Gasteiger charge is -2.12. The molecule has 0 fully saturated rings. The predicted octanol–water partition coefficient (Wildman–Crippen LogP) is 10.1. The number of alkyl halides is 3. The number of carbonyl (C=O) groups is 1. The molecule has 43 heavy (non-hydrogen) atoms. The minimum Gasteiger partial charge on any atom is -0.423 e. The number of hydrogen-bond donors (Lipinski definition) is 0. The number of benzene rings is 4. The van der Waals surface area contributed by atoms with Gasteiger partial charge in [-0.1, -0.05) is 49.4 Å². The quantitative estimate of drug-likeness (QED) is 0.113. The van der Waals surface area contributed by atoms with Crippen LogP contribution in [0.1, 0.15) is 35.7 Å². The summed E-state index contributed by atoms with van der Waals surface area (Å²) in [6.07, 6.45) is -4.99. The van der Waals surface area contributed by atoms with E-state index in [2.05, 4.69) is 4.74 Å². The Balaban J connectivity index is 1.52. The fourth-order valence-corrected chi connectivity index (χ4v) is 4.04. The number of esters is 1. The van der Waals surface area contributed by atoms with E-state index in [-0.39, 0.29) is 35.2 Å². The van der Waals surface area contributed by atoms with Gasteiger partial charge in [0.15, 0.2) is 17.5 Å². The summed E-state index contributed by atoms with van der Waals surface area (Å²) in [5.41, 5.74) is 0.153. The van der Waals surface area contributed by atoms with Crippen LogP contribution in [0.2, 0.25) is 0 Å². The van der Waals surface area contributed by atoms with Crippen molar-refractivity contribution in [3.63, 3.8) is 0 Å². The second-order valence-electron chi connectivity index (χ2n) is 9.09. The molecule has 0 saturated heterocycles. The summed E-state index contributed by atoms with van der Waals surface area (Å²) in [5, 5.41) is 0. The Morgan fingerprint density at radius 1 is 0.721 bits per heavy atom. The first kappa shape index (κ1) is 31.2. The molecule has 4 rings (SSSR count). The highest BCUT2D eigenvalue weighted by atomic mass is 19.4. The minimum absolute atomic E-state index is 0.0118. The van der Waals surface area contributed by atoms with Crippen LogP contribution in [0, 0.1) is 23.3 Å². The Hall–Kier alpha value is -4.74.